The van der Waals surface area contributed by atoms with E-state index >= 15 is 0 Å². The SMILES string of the molecule is CCc1cc(N2CCC(C(=O)NCc3ccccc3Cl)CC2)nc(N2CCOCC2)n1. The molecule has 4 rings (SSSR count). The van der Waals surface area contributed by atoms with Gasteiger partial charge in [0.1, 0.15) is 5.82 Å². The van der Waals surface area contributed by atoms with Crippen molar-refractivity contribution in [1.29, 1.82) is 0 Å². The number of aromatic nitrogens is 2. The molecule has 3 heterocycles. The molecule has 0 saturated carbocycles. The molecule has 1 aromatic carbocycles. The molecule has 0 aliphatic carbocycles. The lowest BCUT2D eigenvalue weighted by Crippen LogP contribution is -2.41. The number of ether oxygens (including phenoxy) is 1. The second-order valence-corrected chi connectivity index (χ2v) is 8.45. The van der Waals surface area contributed by atoms with E-state index in [-0.39, 0.29) is 11.8 Å². The van der Waals surface area contributed by atoms with Gasteiger partial charge in [0.2, 0.25) is 11.9 Å². The van der Waals surface area contributed by atoms with E-state index < -0.39 is 0 Å². The van der Waals surface area contributed by atoms with Crippen LogP contribution in [0.25, 0.3) is 0 Å². The van der Waals surface area contributed by atoms with E-state index in [0.29, 0.717) is 24.8 Å². The Hall–Kier alpha value is -2.38. The van der Waals surface area contributed by atoms with E-state index in [2.05, 4.69) is 28.1 Å². The van der Waals surface area contributed by atoms with Gasteiger partial charge < -0.3 is 19.9 Å². The van der Waals surface area contributed by atoms with Crippen LogP contribution in [0.2, 0.25) is 5.02 Å². The number of nitrogens with zero attached hydrogens (tertiary/aromatic N) is 4. The third kappa shape index (κ3) is 5.46. The molecule has 0 atom stereocenters. The van der Waals surface area contributed by atoms with Gasteiger partial charge in [0.25, 0.3) is 0 Å². The van der Waals surface area contributed by atoms with Crippen LogP contribution in [0.4, 0.5) is 11.8 Å². The largest absolute Gasteiger partial charge is 0.378 e. The van der Waals surface area contributed by atoms with Crippen molar-refractivity contribution in [3.63, 3.8) is 0 Å². The van der Waals surface area contributed by atoms with Crippen molar-refractivity contribution < 1.29 is 9.53 Å². The number of hydrogen-bond acceptors (Lipinski definition) is 6. The van der Waals surface area contributed by atoms with Gasteiger partial charge in [-0.05, 0) is 30.9 Å². The number of piperidine rings is 1. The normalized spacial score (nSPS) is 17.6. The van der Waals surface area contributed by atoms with Crippen LogP contribution in [0.5, 0.6) is 0 Å². The molecule has 2 fully saturated rings. The van der Waals surface area contributed by atoms with Crippen LogP contribution in [0.15, 0.2) is 30.3 Å². The first-order valence-electron chi connectivity index (χ1n) is 11.1. The molecule has 0 unspecified atom stereocenters. The lowest BCUT2D eigenvalue weighted by Gasteiger charge is -2.33. The fraction of sp³-hybridized carbons (Fsp3) is 0.522. The van der Waals surface area contributed by atoms with Crippen LogP contribution in [-0.2, 0) is 22.5 Å². The minimum Gasteiger partial charge on any atom is -0.378 e. The zero-order valence-corrected chi connectivity index (χ0v) is 18.8. The van der Waals surface area contributed by atoms with Crippen molar-refractivity contribution in [3.8, 4) is 0 Å². The van der Waals surface area contributed by atoms with E-state index in [9.17, 15) is 4.79 Å². The first kappa shape index (κ1) is 21.8. The Morgan fingerprint density at radius 2 is 1.87 bits per heavy atom. The first-order chi connectivity index (χ1) is 15.1. The Labute approximate surface area is 188 Å². The molecule has 2 aliphatic rings. The van der Waals surface area contributed by atoms with Crippen LogP contribution in [0, 0.1) is 5.92 Å². The van der Waals surface area contributed by atoms with Gasteiger partial charge in [-0.25, -0.2) is 4.98 Å². The second kappa shape index (κ2) is 10.3. The fourth-order valence-electron chi connectivity index (χ4n) is 4.06. The highest BCUT2D eigenvalue weighted by Crippen LogP contribution is 2.25. The molecular formula is C23H30ClN5O2. The van der Waals surface area contributed by atoms with Gasteiger partial charge in [-0.2, -0.15) is 4.98 Å². The maximum atomic E-state index is 12.7. The summed E-state index contributed by atoms with van der Waals surface area (Å²) in [6.07, 6.45) is 2.49. The molecule has 31 heavy (non-hydrogen) atoms. The van der Waals surface area contributed by atoms with Gasteiger partial charge in [0, 0.05) is 55.4 Å². The molecule has 7 nitrogen and oxygen atoms in total. The molecule has 0 radical (unpaired) electrons. The van der Waals surface area contributed by atoms with Crippen molar-refractivity contribution in [2.45, 2.75) is 32.7 Å². The summed E-state index contributed by atoms with van der Waals surface area (Å²) in [6, 6.07) is 9.70. The summed E-state index contributed by atoms with van der Waals surface area (Å²) in [5.74, 6) is 1.87. The molecule has 2 saturated heterocycles. The highest BCUT2D eigenvalue weighted by Gasteiger charge is 2.26. The van der Waals surface area contributed by atoms with Crippen LogP contribution in [0.1, 0.15) is 31.0 Å². The van der Waals surface area contributed by atoms with Gasteiger partial charge in [0.15, 0.2) is 0 Å². The standard InChI is InChI=1S/C23H30ClN5O2/c1-2-19-15-21(27-23(26-19)29-11-13-31-14-12-29)28-9-7-17(8-10-28)22(30)25-16-18-5-3-4-6-20(18)24/h3-6,15,17H,2,7-14,16H2,1H3,(H,25,30). The number of carbonyl (C=O) groups excluding carboxylic acids is 1. The van der Waals surface area contributed by atoms with E-state index in [0.717, 1.165) is 68.5 Å². The number of halogens is 1. The number of nitrogens with one attached hydrogen (secondary N) is 1. The summed E-state index contributed by atoms with van der Waals surface area (Å²) in [6.45, 7) is 7.27. The molecule has 1 aromatic heterocycles. The zero-order valence-electron chi connectivity index (χ0n) is 18.0. The molecule has 2 aliphatic heterocycles. The number of morpholine rings is 1. The van der Waals surface area contributed by atoms with Gasteiger partial charge in [0.05, 0.1) is 13.2 Å². The quantitative estimate of drug-likeness (QED) is 0.739. The Morgan fingerprint density at radius 1 is 1.13 bits per heavy atom. The summed E-state index contributed by atoms with van der Waals surface area (Å²) in [5.41, 5.74) is 1.99. The maximum absolute atomic E-state index is 12.7. The summed E-state index contributed by atoms with van der Waals surface area (Å²) >= 11 is 6.19. The molecule has 2 aromatic rings. The number of rotatable bonds is 6. The number of amides is 1. The van der Waals surface area contributed by atoms with E-state index in [4.69, 9.17) is 26.3 Å². The molecule has 166 valence electrons. The van der Waals surface area contributed by atoms with Crippen LogP contribution in [0.3, 0.4) is 0 Å². The summed E-state index contributed by atoms with van der Waals surface area (Å²) in [7, 11) is 0. The third-order valence-electron chi connectivity index (χ3n) is 6.01. The van der Waals surface area contributed by atoms with Crippen molar-refractivity contribution >= 4 is 29.3 Å². The molecule has 1 N–H and O–H groups in total. The maximum Gasteiger partial charge on any atom is 0.227 e. The number of aryl methyl sites for hydroxylation is 1. The number of benzene rings is 1. The molecule has 8 heteroatoms. The van der Waals surface area contributed by atoms with Crippen molar-refractivity contribution in [1.82, 2.24) is 15.3 Å². The fourth-order valence-corrected chi connectivity index (χ4v) is 4.26. The van der Waals surface area contributed by atoms with Crippen molar-refractivity contribution in [2.75, 3.05) is 49.2 Å². The van der Waals surface area contributed by atoms with E-state index in [1.54, 1.807) is 0 Å². The van der Waals surface area contributed by atoms with Gasteiger partial charge in [-0.1, -0.05) is 36.7 Å². The first-order valence-corrected chi connectivity index (χ1v) is 11.5. The van der Waals surface area contributed by atoms with Crippen LogP contribution >= 0.6 is 11.6 Å². The Morgan fingerprint density at radius 3 is 2.58 bits per heavy atom. The van der Waals surface area contributed by atoms with E-state index in [1.807, 2.05) is 24.3 Å². The second-order valence-electron chi connectivity index (χ2n) is 8.04. The van der Waals surface area contributed by atoms with Crippen molar-refractivity contribution in [2.24, 2.45) is 5.92 Å². The Kier molecular flexibility index (Phi) is 7.25. The van der Waals surface area contributed by atoms with Gasteiger partial charge in [-0.15, -0.1) is 0 Å². The van der Waals surface area contributed by atoms with Gasteiger partial charge >= 0.3 is 0 Å². The Bertz CT molecular complexity index is 895. The summed E-state index contributed by atoms with van der Waals surface area (Å²) < 4.78 is 5.46. The average molecular weight is 444 g/mol. The average Bonchev–Trinajstić information content (AvgIpc) is 2.83. The predicted molar refractivity (Wildman–Crippen MR) is 123 cm³/mol. The molecule has 1 amide bonds. The minimum atomic E-state index is 0.0185. The lowest BCUT2D eigenvalue weighted by molar-refractivity contribution is -0.125. The van der Waals surface area contributed by atoms with Gasteiger partial charge in [-0.3, -0.25) is 4.79 Å². The lowest BCUT2D eigenvalue weighted by atomic mass is 9.95. The molecular weight excluding hydrogens is 414 g/mol. The van der Waals surface area contributed by atoms with Crippen LogP contribution in [-0.4, -0.2) is 55.3 Å². The smallest absolute Gasteiger partial charge is 0.227 e. The topological polar surface area (TPSA) is 70.6 Å². The number of carbonyl (C=O) groups is 1. The number of hydrogen-bond donors (Lipinski definition) is 1. The van der Waals surface area contributed by atoms with Crippen molar-refractivity contribution in [3.05, 3.63) is 46.6 Å². The summed E-state index contributed by atoms with van der Waals surface area (Å²) in [5, 5.41) is 3.73. The highest BCUT2D eigenvalue weighted by molar-refractivity contribution is 6.31. The number of anilines is 2. The van der Waals surface area contributed by atoms with Crippen LogP contribution < -0.4 is 15.1 Å². The summed E-state index contributed by atoms with van der Waals surface area (Å²) in [4.78, 5) is 26.7. The predicted octanol–water partition coefficient (Wildman–Crippen LogP) is 3.06. The Balaban J connectivity index is 1.35. The van der Waals surface area contributed by atoms with E-state index in [1.165, 1.54) is 0 Å². The highest BCUT2D eigenvalue weighted by atomic mass is 35.5. The third-order valence-corrected chi connectivity index (χ3v) is 6.38. The molecule has 0 bridgehead atoms. The monoisotopic (exact) mass is 443 g/mol. The zero-order chi connectivity index (χ0) is 21.6. The minimum absolute atomic E-state index is 0.0185. The molecule has 0 spiro atoms.